The smallest absolute Gasteiger partial charge is 0.272 e. The Labute approximate surface area is 143 Å². The Kier molecular flexibility index (Phi) is 5.71. The molecule has 0 fully saturated rings. The second kappa shape index (κ2) is 7.74. The largest absolute Gasteiger partial charge is 0.322 e. The minimum absolute atomic E-state index is 0.198. The van der Waals surface area contributed by atoms with Crippen molar-refractivity contribution < 1.29 is 9.59 Å². The quantitative estimate of drug-likeness (QED) is 0.800. The van der Waals surface area contributed by atoms with Crippen LogP contribution in [-0.2, 0) is 9.59 Å². The van der Waals surface area contributed by atoms with Crippen molar-refractivity contribution >= 4 is 39.5 Å². The molecule has 0 bridgehead atoms. The van der Waals surface area contributed by atoms with Crippen molar-refractivity contribution in [2.75, 3.05) is 5.32 Å². The van der Waals surface area contributed by atoms with Crippen molar-refractivity contribution in [1.29, 1.82) is 0 Å². The van der Waals surface area contributed by atoms with Crippen molar-refractivity contribution in [2.24, 2.45) is 0 Å². The average molecular weight is 373 g/mol. The Balaban J connectivity index is 2.24. The van der Waals surface area contributed by atoms with E-state index in [9.17, 15) is 9.59 Å². The number of amides is 2. The van der Waals surface area contributed by atoms with Crippen molar-refractivity contribution in [3.05, 3.63) is 69.8 Å². The molecule has 0 unspecified atom stereocenters. The molecule has 23 heavy (non-hydrogen) atoms. The molecule has 0 aliphatic heterocycles. The highest BCUT2D eigenvalue weighted by Gasteiger charge is 2.12. The van der Waals surface area contributed by atoms with E-state index < -0.39 is 0 Å². The first-order chi connectivity index (χ1) is 11.0. The van der Waals surface area contributed by atoms with Crippen molar-refractivity contribution in [1.82, 2.24) is 5.32 Å². The number of hydrogen-bond acceptors (Lipinski definition) is 2. The molecule has 0 radical (unpaired) electrons. The fourth-order valence-corrected chi connectivity index (χ4v) is 2.23. The van der Waals surface area contributed by atoms with Crippen molar-refractivity contribution in [3.8, 4) is 0 Å². The lowest BCUT2D eigenvalue weighted by molar-refractivity contribution is -0.120. The topological polar surface area (TPSA) is 58.2 Å². The first-order valence-electron chi connectivity index (χ1n) is 7.07. The number of rotatable bonds is 4. The lowest BCUT2D eigenvalue weighted by atomic mass is 10.1. The van der Waals surface area contributed by atoms with Crippen LogP contribution >= 0.6 is 15.9 Å². The van der Waals surface area contributed by atoms with Crippen LogP contribution in [0.25, 0.3) is 6.08 Å². The number of carbonyl (C=O) groups excluding carboxylic acids is 2. The maximum absolute atomic E-state index is 12.4. The van der Waals surface area contributed by atoms with E-state index in [0.29, 0.717) is 5.69 Å². The van der Waals surface area contributed by atoms with E-state index in [2.05, 4.69) is 26.6 Å². The third kappa shape index (κ3) is 5.07. The minimum atomic E-state index is -0.370. The SMILES string of the molecule is CC(=O)N/C(=C/c1ccccc1)C(=O)Nc1ccc(Br)c(C)c1. The summed E-state index contributed by atoms with van der Waals surface area (Å²) in [6.45, 7) is 3.31. The van der Waals surface area contributed by atoms with E-state index in [1.165, 1.54) is 6.92 Å². The standard InChI is InChI=1S/C18H17BrN2O2/c1-12-10-15(8-9-16(12)19)21-18(23)17(20-13(2)22)11-14-6-4-3-5-7-14/h3-11H,1-2H3,(H,20,22)(H,21,23)/b17-11+. The first-order valence-corrected chi connectivity index (χ1v) is 7.87. The Morgan fingerprint density at radius 1 is 1.09 bits per heavy atom. The molecule has 0 spiro atoms. The predicted octanol–water partition coefficient (Wildman–Crippen LogP) is 3.87. The Hall–Kier alpha value is -2.40. The number of aryl methyl sites for hydroxylation is 1. The molecule has 0 saturated heterocycles. The van der Waals surface area contributed by atoms with E-state index in [1.54, 1.807) is 12.1 Å². The van der Waals surface area contributed by atoms with Gasteiger partial charge in [0.2, 0.25) is 5.91 Å². The molecule has 0 aliphatic rings. The Morgan fingerprint density at radius 3 is 2.39 bits per heavy atom. The van der Waals surface area contributed by atoms with Gasteiger partial charge in [0.05, 0.1) is 0 Å². The zero-order valence-corrected chi connectivity index (χ0v) is 14.5. The summed E-state index contributed by atoms with van der Waals surface area (Å²) in [5.41, 5.74) is 2.71. The first kappa shape index (κ1) is 17.0. The third-order valence-corrected chi connectivity index (χ3v) is 3.97. The molecule has 2 aromatic rings. The Morgan fingerprint density at radius 2 is 1.78 bits per heavy atom. The fraction of sp³-hybridized carbons (Fsp3) is 0.111. The number of anilines is 1. The molecule has 4 nitrogen and oxygen atoms in total. The summed E-state index contributed by atoms with van der Waals surface area (Å²) in [6, 6.07) is 14.9. The summed E-state index contributed by atoms with van der Waals surface area (Å²) in [5.74, 6) is -0.667. The van der Waals surface area contributed by atoms with Crippen LogP contribution in [0.5, 0.6) is 0 Å². The van der Waals surface area contributed by atoms with Crippen molar-refractivity contribution in [2.45, 2.75) is 13.8 Å². The summed E-state index contributed by atoms with van der Waals surface area (Å²) in [7, 11) is 0. The van der Waals surface area contributed by atoms with Gasteiger partial charge < -0.3 is 10.6 Å². The molecule has 0 saturated carbocycles. The van der Waals surface area contributed by atoms with Crippen LogP contribution in [0.2, 0.25) is 0 Å². The molecule has 2 amide bonds. The van der Waals surface area contributed by atoms with Crippen LogP contribution in [0, 0.1) is 6.92 Å². The lowest BCUT2D eigenvalue weighted by Gasteiger charge is -2.11. The highest BCUT2D eigenvalue weighted by Crippen LogP contribution is 2.20. The minimum Gasteiger partial charge on any atom is -0.322 e. The molecular weight excluding hydrogens is 356 g/mol. The summed E-state index contributed by atoms with van der Waals surface area (Å²) in [4.78, 5) is 23.8. The molecule has 118 valence electrons. The number of carbonyl (C=O) groups is 2. The van der Waals surface area contributed by atoms with E-state index in [0.717, 1.165) is 15.6 Å². The number of benzene rings is 2. The van der Waals surface area contributed by atoms with Gasteiger partial charge >= 0.3 is 0 Å². The molecule has 2 rings (SSSR count). The zero-order valence-electron chi connectivity index (χ0n) is 12.9. The van der Waals surface area contributed by atoms with Gasteiger partial charge in [0.25, 0.3) is 5.91 Å². The van der Waals surface area contributed by atoms with Crippen LogP contribution < -0.4 is 10.6 Å². The van der Waals surface area contributed by atoms with Gasteiger partial charge in [-0.05, 0) is 42.3 Å². The van der Waals surface area contributed by atoms with Crippen LogP contribution in [-0.4, -0.2) is 11.8 Å². The Bertz CT molecular complexity index is 755. The van der Waals surface area contributed by atoms with Crippen LogP contribution in [0.3, 0.4) is 0 Å². The normalized spacial score (nSPS) is 11.0. The number of hydrogen-bond donors (Lipinski definition) is 2. The van der Waals surface area contributed by atoms with Crippen LogP contribution in [0.15, 0.2) is 58.7 Å². The van der Waals surface area contributed by atoms with Gasteiger partial charge in [0.15, 0.2) is 0 Å². The van der Waals surface area contributed by atoms with Gasteiger partial charge in [-0.1, -0.05) is 46.3 Å². The average Bonchev–Trinajstić information content (AvgIpc) is 2.51. The summed E-state index contributed by atoms with van der Waals surface area (Å²) in [6.07, 6.45) is 1.64. The van der Waals surface area contributed by atoms with E-state index in [-0.39, 0.29) is 17.5 Å². The molecule has 0 aliphatic carbocycles. The van der Waals surface area contributed by atoms with Crippen LogP contribution in [0.1, 0.15) is 18.1 Å². The highest BCUT2D eigenvalue weighted by molar-refractivity contribution is 9.10. The highest BCUT2D eigenvalue weighted by atomic mass is 79.9. The molecule has 0 aromatic heterocycles. The maximum atomic E-state index is 12.4. The molecule has 2 aromatic carbocycles. The maximum Gasteiger partial charge on any atom is 0.272 e. The second-order valence-corrected chi connectivity index (χ2v) is 5.92. The summed E-state index contributed by atoms with van der Waals surface area (Å²) < 4.78 is 0.970. The van der Waals surface area contributed by atoms with E-state index in [1.807, 2.05) is 49.4 Å². The predicted molar refractivity (Wildman–Crippen MR) is 95.7 cm³/mol. The molecule has 5 heteroatoms. The molecule has 0 atom stereocenters. The lowest BCUT2D eigenvalue weighted by Crippen LogP contribution is -2.28. The van der Waals surface area contributed by atoms with Gasteiger partial charge in [-0.25, -0.2) is 0 Å². The third-order valence-electron chi connectivity index (χ3n) is 3.08. The van der Waals surface area contributed by atoms with Gasteiger partial charge in [0, 0.05) is 17.1 Å². The monoisotopic (exact) mass is 372 g/mol. The van der Waals surface area contributed by atoms with Gasteiger partial charge in [-0.15, -0.1) is 0 Å². The van der Waals surface area contributed by atoms with Gasteiger partial charge in [-0.2, -0.15) is 0 Å². The van der Waals surface area contributed by atoms with Gasteiger partial charge in [0.1, 0.15) is 5.70 Å². The zero-order chi connectivity index (χ0) is 16.8. The summed E-state index contributed by atoms with van der Waals surface area (Å²) in [5, 5.41) is 5.37. The fourth-order valence-electron chi connectivity index (χ4n) is 1.98. The van der Waals surface area contributed by atoms with Crippen LogP contribution in [0.4, 0.5) is 5.69 Å². The molecule has 0 heterocycles. The second-order valence-electron chi connectivity index (χ2n) is 5.07. The van der Waals surface area contributed by atoms with E-state index >= 15 is 0 Å². The number of nitrogens with one attached hydrogen (secondary N) is 2. The van der Waals surface area contributed by atoms with E-state index in [4.69, 9.17) is 0 Å². The van der Waals surface area contributed by atoms with Gasteiger partial charge in [-0.3, -0.25) is 9.59 Å². The van der Waals surface area contributed by atoms with Crippen molar-refractivity contribution in [3.63, 3.8) is 0 Å². The molecule has 2 N–H and O–H groups in total. The number of halogens is 1. The summed E-state index contributed by atoms with van der Waals surface area (Å²) >= 11 is 3.42. The molecular formula is C18H17BrN2O2.